The van der Waals surface area contributed by atoms with Crippen molar-refractivity contribution < 1.29 is 19.0 Å². The highest BCUT2D eigenvalue weighted by Crippen LogP contribution is 2.27. The smallest absolute Gasteiger partial charge is 0.306 e. The lowest BCUT2D eigenvalue weighted by Crippen LogP contribution is -2.10. The Morgan fingerprint density at radius 3 is 2.95 bits per heavy atom. The van der Waals surface area contributed by atoms with Crippen molar-refractivity contribution in [1.82, 2.24) is 0 Å². The fourth-order valence-corrected chi connectivity index (χ4v) is 2.33. The zero-order valence-corrected chi connectivity index (χ0v) is 13.2. The SMILES string of the molecule is CCOC(=O)CCc1ccc(Cl)cc1[C@@H](C)OCC1CO1. The van der Waals surface area contributed by atoms with E-state index < -0.39 is 0 Å². The van der Waals surface area contributed by atoms with Gasteiger partial charge in [0.15, 0.2) is 0 Å². The molecule has 1 aromatic rings. The zero-order valence-electron chi connectivity index (χ0n) is 12.4. The monoisotopic (exact) mass is 312 g/mol. The molecule has 0 saturated carbocycles. The first-order valence-corrected chi connectivity index (χ1v) is 7.65. The van der Waals surface area contributed by atoms with Crippen LogP contribution >= 0.6 is 11.6 Å². The standard InChI is InChI=1S/C16H21ClO4/c1-3-19-16(18)7-5-12-4-6-13(17)8-15(12)11(2)20-9-14-10-21-14/h4,6,8,11,14H,3,5,7,9-10H2,1-2H3/t11-,14?/m1/s1. The first-order valence-electron chi connectivity index (χ1n) is 7.27. The summed E-state index contributed by atoms with van der Waals surface area (Å²) in [6.07, 6.45) is 1.14. The maximum atomic E-state index is 11.5. The molecule has 0 spiro atoms. The molecule has 0 N–H and O–H groups in total. The molecule has 0 radical (unpaired) electrons. The normalized spacial score (nSPS) is 18.3. The molecule has 1 aliphatic heterocycles. The van der Waals surface area contributed by atoms with Crippen LogP contribution in [0, 0.1) is 0 Å². The van der Waals surface area contributed by atoms with Gasteiger partial charge in [-0.2, -0.15) is 0 Å². The van der Waals surface area contributed by atoms with Gasteiger partial charge < -0.3 is 14.2 Å². The number of aryl methyl sites for hydroxylation is 1. The Balaban J connectivity index is 1.99. The summed E-state index contributed by atoms with van der Waals surface area (Å²) in [7, 11) is 0. The second kappa shape index (κ2) is 7.78. The molecule has 0 aliphatic carbocycles. The lowest BCUT2D eigenvalue weighted by molar-refractivity contribution is -0.143. The van der Waals surface area contributed by atoms with Crippen LogP contribution in [0.1, 0.15) is 37.5 Å². The van der Waals surface area contributed by atoms with Crippen LogP contribution in [0.5, 0.6) is 0 Å². The van der Waals surface area contributed by atoms with Crippen molar-refractivity contribution in [2.45, 2.75) is 38.9 Å². The van der Waals surface area contributed by atoms with Crippen molar-refractivity contribution in [3.8, 4) is 0 Å². The van der Waals surface area contributed by atoms with E-state index >= 15 is 0 Å². The molecule has 0 amide bonds. The minimum atomic E-state index is -0.182. The Morgan fingerprint density at radius 2 is 2.29 bits per heavy atom. The second-order valence-corrected chi connectivity index (χ2v) is 5.52. The summed E-state index contributed by atoms with van der Waals surface area (Å²) in [4.78, 5) is 11.5. The van der Waals surface area contributed by atoms with E-state index in [-0.39, 0.29) is 18.2 Å². The molecule has 2 atom stereocenters. The largest absolute Gasteiger partial charge is 0.466 e. The van der Waals surface area contributed by atoms with Crippen LogP contribution in [0.25, 0.3) is 0 Å². The number of halogens is 1. The van der Waals surface area contributed by atoms with Crippen LogP contribution in [0.15, 0.2) is 18.2 Å². The Kier molecular flexibility index (Phi) is 6.03. The number of benzene rings is 1. The number of carbonyl (C=O) groups is 1. The second-order valence-electron chi connectivity index (χ2n) is 5.08. The average molecular weight is 313 g/mol. The topological polar surface area (TPSA) is 48.1 Å². The van der Waals surface area contributed by atoms with E-state index in [0.717, 1.165) is 17.7 Å². The number of hydrogen-bond donors (Lipinski definition) is 0. The molecule has 116 valence electrons. The van der Waals surface area contributed by atoms with Crippen molar-refractivity contribution >= 4 is 17.6 Å². The van der Waals surface area contributed by atoms with E-state index in [0.29, 0.717) is 31.1 Å². The third-order valence-electron chi connectivity index (χ3n) is 3.38. The molecule has 1 aliphatic rings. The van der Waals surface area contributed by atoms with E-state index in [1.54, 1.807) is 0 Å². The molecule has 5 heteroatoms. The van der Waals surface area contributed by atoms with Gasteiger partial charge in [-0.05, 0) is 43.5 Å². The molecule has 1 fully saturated rings. The Bertz CT molecular complexity index is 485. The first-order chi connectivity index (χ1) is 10.1. The molecule has 21 heavy (non-hydrogen) atoms. The summed E-state index contributed by atoms with van der Waals surface area (Å²) in [6, 6.07) is 5.69. The summed E-state index contributed by atoms with van der Waals surface area (Å²) in [5.74, 6) is -0.182. The molecule has 0 aromatic heterocycles. The van der Waals surface area contributed by atoms with Crippen molar-refractivity contribution in [1.29, 1.82) is 0 Å². The summed E-state index contributed by atoms with van der Waals surface area (Å²) in [5.41, 5.74) is 2.09. The maximum Gasteiger partial charge on any atom is 0.306 e. The fraction of sp³-hybridized carbons (Fsp3) is 0.562. The van der Waals surface area contributed by atoms with Gasteiger partial charge in [-0.1, -0.05) is 17.7 Å². The summed E-state index contributed by atoms with van der Waals surface area (Å²) in [6.45, 7) is 5.57. The maximum absolute atomic E-state index is 11.5. The molecule has 1 aromatic carbocycles. The number of hydrogen-bond acceptors (Lipinski definition) is 4. The number of rotatable bonds is 8. The van der Waals surface area contributed by atoms with E-state index in [9.17, 15) is 4.79 Å². The van der Waals surface area contributed by atoms with Crippen LogP contribution in [-0.2, 0) is 25.4 Å². The quantitative estimate of drug-likeness (QED) is 0.546. The highest BCUT2D eigenvalue weighted by molar-refractivity contribution is 6.30. The zero-order chi connectivity index (χ0) is 15.2. The highest BCUT2D eigenvalue weighted by Gasteiger charge is 2.24. The van der Waals surface area contributed by atoms with Crippen LogP contribution < -0.4 is 0 Å². The van der Waals surface area contributed by atoms with Gasteiger partial charge in [0.05, 0.1) is 25.9 Å². The summed E-state index contributed by atoms with van der Waals surface area (Å²) in [5, 5.41) is 0.669. The molecule has 2 rings (SSSR count). The predicted molar refractivity (Wildman–Crippen MR) is 80.5 cm³/mol. The third-order valence-corrected chi connectivity index (χ3v) is 3.62. The van der Waals surface area contributed by atoms with Crippen molar-refractivity contribution in [2.75, 3.05) is 19.8 Å². The lowest BCUT2D eigenvalue weighted by Gasteiger charge is -2.17. The minimum absolute atomic E-state index is 0.0786. The number of carbonyl (C=O) groups excluding carboxylic acids is 1. The number of esters is 1. The van der Waals surface area contributed by atoms with Crippen LogP contribution in [-0.4, -0.2) is 31.9 Å². The molecule has 1 heterocycles. The van der Waals surface area contributed by atoms with Crippen molar-refractivity contribution in [2.24, 2.45) is 0 Å². The van der Waals surface area contributed by atoms with Gasteiger partial charge >= 0.3 is 5.97 Å². The number of ether oxygens (including phenoxy) is 3. The minimum Gasteiger partial charge on any atom is -0.466 e. The first kappa shape index (κ1) is 16.3. The van der Waals surface area contributed by atoms with Crippen LogP contribution in [0.2, 0.25) is 5.02 Å². The number of epoxide rings is 1. The van der Waals surface area contributed by atoms with Crippen molar-refractivity contribution in [3.63, 3.8) is 0 Å². The fourth-order valence-electron chi connectivity index (χ4n) is 2.15. The van der Waals surface area contributed by atoms with Crippen LogP contribution in [0.4, 0.5) is 0 Å². The lowest BCUT2D eigenvalue weighted by atomic mass is 9.99. The van der Waals surface area contributed by atoms with E-state index in [2.05, 4.69) is 0 Å². The molecular weight excluding hydrogens is 292 g/mol. The van der Waals surface area contributed by atoms with E-state index in [1.807, 2.05) is 32.0 Å². The molecule has 1 unspecified atom stereocenters. The predicted octanol–water partition coefficient (Wildman–Crippen LogP) is 3.31. The average Bonchev–Trinajstić information content (AvgIpc) is 3.28. The van der Waals surface area contributed by atoms with Gasteiger partial charge in [-0.25, -0.2) is 0 Å². The van der Waals surface area contributed by atoms with E-state index in [1.165, 1.54) is 0 Å². The van der Waals surface area contributed by atoms with Gasteiger partial charge in [-0.3, -0.25) is 4.79 Å². The Morgan fingerprint density at radius 1 is 1.52 bits per heavy atom. The summed E-state index contributed by atoms with van der Waals surface area (Å²) < 4.78 is 15.9. The third kappa shape index (κ3) is 5.30. The molecule has 1 saturated heterocycles. The van der Waals surface area contributed by atoms with Gasteiger partial charge in [0, 0.05) is 11.4 Å². The summed E-state index contributed by atoms with van der Waals surface area (Å²) >= 11 is 6.08. The highest BCUT2D eigenvalue weighted by atomic mass is 35.5. The van der Waals surface area contributed by atoms with Gasteiger partial charge in [0.2, 0.25) is 0 Å². The molecular formula is C16H21ClO4. The van der Waals surface area contributed by atoms with Gasteiger partial charge in [0.1, 0.15) is 6.10 Å². The molecule has 0 bridgehead atoms. The van der Waals surface area contributed by atoms with Gasteiger partial charge in [-0.15, -0.1) is 0 Å². The molecule has 4 nitrogen and oxygen atoms in total. The van der Waals surface area contributed by atoms with Gasteiger partial charge in [0.25, 0.3) is 0 Å². The van der Waals surface area contributed by atoms with Crippen LogP contribution in [0.3, 0.4) is 0 Å². The Labute approximate surface area is 130 Å². The van der Waals surface area contributed by atoms with Crippen molar-refractivity contribution in [3.05, 3.63) is 34.3 Å². The Hall–Kier alpha value is -1.10. The van der Waals surface area contributed by atoms with E-state index in [4.69, 9.17) is 25.8 Å².